The summed E-state index contributed by atoms with van der Waals surface area (Å²) in [5, 5.41) is 8.50. The molecule has 2 aromatic heterocycles. The van der Waals surface area contributed by atoms with E-state index >= 15 is 0 Å². The van der Waals surface area contributed by atoms with Gasteiger partial charge >= 0.3 is 0 Å². The van der Waals surface area contributed by atoms with Crippen molar-refractivity contribution < 1.29 is 0 Å². The van der Waals surface area contributed by atoms with Crippen LogP contribution in [0, 0.1) is 0 Å². The molecular weight excluding hydrogens is 280 g/mol. The Balaban J connectivity index is 1.66. The Hall–Kier alpha value is -2.66. The Morgan fingerprint density at radius 1 is 1.00 bits per heavy atom. The van der Waals surface area contributed by atoms with Gasteiger partial charge in [-0.25, -0.2) is 9.67 Å². The number of hydrogen-bond donors (Lipinski definition) is 1. The Kier molecular flexibility index (Phi) is 2.90. The summed E-state index contributed by atoms with van der Waals surface area (Å²) < 4.78 is 3.02. The lowest BCUT2D eigenvalue weighted by Gasteiger charge is -2.05. The minimum Gasteiger partial charge on any atom is -0.331 e. The lowest BCUT2D eigenvalue weighted by atomic mass is 10.3. The first-order valence-electron chi connectivity index (χ1n) is 6.61. The average Bonchev–Trinajstić information content (AvgIpc) is 3.16. The van der Waals surface area contributed by atoms with E-state index in [0.29, 0.717) is 0 Å². The van der Waals surface area contributed by atoms with Crippen LogP contribution >= 0.6 is 11.3 Å². The zero-order valence-electron chi connectivity index (χ0n) is 11.1. The molecule has 4 rings (SSSR count). The van der Waals surface area contributed by atoms with Gasteiger partial charge in [-0.3, -0.25) is 0 Å². The number of rotatable bonds is 3. The van der Waals surface area contributed by atoms with Gasteiger partial charge in [-0.1, -0.05) is 29.5 Å². The van der Waals surface area contributed by atoms with Crippen LogP contribution in [0.25, 0.3) is 15.9 Å². The van der Waals surface area contributed by atoms with Crippen LogP contribution in [0.4, 0.5) is 10.8 Å². The van der Waals surface area contributed by atoms with Gasteiger partial charge in [0, 0.05) is 18.1 Å². The summed E-state index contributed by atoms with van der Waals surface area (Å²) in [6.45, 7) is 0. The number of para-hydroxylation sites is 1. The molecule has 102 valence electrons. The van der Waals surface area contributed by atoms with Crippen molar-refractivity contribution in [3.05, 3.63) is 67.0 Å². The van der Waals surface area contributed by atoms with E-state index in [1.807, 2.05) is 53.3 Å². The van der Waals surface area contributed by atoms with E-state index in [4.69, 9.17) is 0 Å². The van der Waals surface area contributed by atoms with Crippen molar-refractivity contribution in [1.29, 1.82) is 0 Å². The maximum Gasteiger partial charge on any atom is 0.188 e. The van der Waals surface area contributed by atoms with Gasteiger partial charge < -0.3 is 5.32 Å². The van der Waals surface area contributed by atoms with Crippen molar-refractivity contribution in [2.75, 3.05) is 5.32 Å². The first-order chi connectivity index (χ1) is 10.4. The molecule has 0 spiro atoms. The maximum absolute atomic E-state index is 4.59. The Bertz CT molecular complexity index is 847. The molecule has 0 saturated carbocycles. The summed E-state index contributed by atoms with van der Waals surface area (Å²) >= 11 is 1.65. The van der Waals surface area contributed by atoms with Crippen LogP contribution in [0.1, 0.15) is 0 Å². The Labute approximate surface area is 125 Å². The molecule has 2 heterocycles. The quantitative estimate of drug-likeness (QED) is 0.614. The van der Waals surface area contributed by atoms with Crippen LogP contribution in [0.3, 0.4) is 0 Å². The highest BCUT2D eigenvalue weighted by atomic mass is 32.1. The van der Waals surface area contributed by atoms with Gasteiger partial charge in [-0.05, 0) is 36.4 Å². The SMILES string of the molecule is c1cc(Nc2nc3ccccc3s2)cc(-n2cccn2)c1. The summed E-state index contributed by atoms with van der Waals surface area (Å²) in [7, 11) is 0. The first kappa shape index (κ1) is 12.1. The molecule has 4 aromatic rings. The lowest BCUT2D eigenvalue weighted by molar-refractivity contribution is 0.881. The van der Waals surface area contributed by atoms with Crippen molar-refractivity contribution in [3.8, 4) is 5.69 Å². The van der Waals surface area contributed by atoms with Gasteiger partial charge in [0.15, 0.2) is 5.13 Å². The van der Waals surface area contributed by atoms with E-state index in [1.165, 1.54) is 4.70 Å². The molecule has 0 aliphatic rings. The van der Waals surface area contributed by atoms with Crippen LogP contribution in [-0.2, 0) is 0 Å². The molecule has 4 nitrogen and oxygen atoms in total. The molecule has 0 bridgehead atoms. The predicted molar refractivity (Wildman–Crippen MR) is 86.5 cm³/mol. The number of fused-ring (bicyclic) bond motifs is 1. The lowest BCUT2D eigenvalue weighted by Crippen LogP contribution is -1.96. The minimum atomic E-state index is 0.897. The van der Waals surface area contributed by atoms with Crippen LogP contribution in [0.5, 0.6) is 0 Å². The molecular formula is C16H12N4S. The average molecular weight is 292 g/mol. The van der Waals surface area contributed by atoms with Crippen LogP contribution < -0.4 is 5.32 Å². The number of benzene rings is 2. The Morgan fingerprint density at radius 2 is 1.95 bits per heavy atom. The van der Waals surface area contributed by atoms with Crippen molar-refractivity contribution >= 4 is 32.4 Å². The van der Waals surface area contributed by atoms with E-state index in [1.54, 1.807) is 17.5 Å². The van der Waals surface area contributed by atoms with Crippen LogP contribution in [-0.4, -0.2) is 14.8 Å². The molecule has 0 amide bonds. The molecule has 1 N–H and O–H groups in total. The smallest absolute Gasteiger partial charge is 0.188 e. The topological polar surface area (TPSA) is 42.7 Å². The summed E-state index contributed by atoms with van der Waals surface area (Å²) in [6.07, 6.45) is 3.70. The fourth-order valence-electron chi connectivity index (χ4n) is 2.20. The van der Waals surface area contributed by atoms with Gasteiger partial charge in [-0.2, -0.15) is 5.10 Å². The standard InChI is InChI=1S/C16H12N4S/c1-2-8-15-14(7-1)19-16(21-15)18-12-5-3-6-13(11-12)20-10-4-9-17-20/h1-11H,(H,18,19). The van der Waals surface area contributed by atoms with Crippen molar-refractivity contribution in [1.82, 2.24) is 14.8 Å². The number of anilines is 2. The zero-order chi connectivity index (χ0) is 14.1. The molecule has 5 heteroatoms. The molecule has 2 aromatic carbocycles. The van der Waals surface area contributed by atoms with E-state index in [2.05, 4.69) is 27.5 Å². The number of hydrogen-bond acceptors (Lipinski definition) is 4. The van der Waals surface area contributed by atoms with E-state index in [9.17, 15) is 0 Å². The Morgan fingerprint density at radius 3 is 2.81 bits per heavy atom. The predicted octanol–water partition coefficient (Wildman–Crippen LogP) is 4.23. The molecule has 0 radical (unpaired) electrons. The van der Waals surface area contributed by atoms with Crippen LogP contribution in [0.15, 0.2) is 67.0 Å². The summed E-state index contributed by atoms with van der Waals surface area (Å²) in [4.78, 5) is 4.59. The van der Waals surface area contributed by atoms with Gasteiger partial charge in [0.05, 0.1) is 15.9 Å². The molecule has 0 atom stereocenters. The normalized spacial score (nSPS) is 10.9. The van der Waals surface area contributed by atoms with Crippen molar-refractivity contribution in [3.63, 3.8) is 0 Å². The first-order valence-corrected chi connectivity index (χ1v) is 7.43. The molecule has 0 aliphatic carbocycles. The van der Waals surface area contributed by atoms with Crippen molar-refractivity contribution in [2.45, 2.75) is 0 Å². The fraction of sp³-hybridized carbons (Fsp3) is 0. The summed E-state index contributed by atoms with van der Waals surface area (Å²) in [6, 6.07) is 18.2. The number of nitrogens with one attached hydrogen (secondary N) is 1. The van der Waals surface area contributed by atoms with Gasteiger partial charge in [0.25, 0.3) is 0 Å². The molecule has 21 heavy (non-hydrogen) atoms. The highest BCUT2D eigenvalue weighted by Gasteiger charge is 2.04. The molecule has 0 aliphatic heterocycles. The van der Waals surface area contributed by atoms with Crippen molar-refractivity contribution in [2.24, 2.45) is 0 Å². The number of thiazole rings is 1. The third-order valence-corrected chi connectivity index (χ3v) is 4.11. The maximum atomic E-state index is 4.59. The number of nitrogens with zero attached hydrogens (tertiary/aromatic N) is 3. The van der Waals surface area contributed by atoms with Gasteiger partial charge in [-0.15, -0.1) is 0 Å². The minimum absolute atomic E-state index is 0.897. The molecule has 0 fully saturated rings. The second-order valence-corrected chi connectivity index (χ2v) is 5.64. The zero-order valence-corrected chi connectivity index (χ0v) is 11.9. The second-order valence-electron chi connectivity index (χ2n) is 4.61. The van der Waals surface area contributed by atoms with E-state index in [0.717, 1.165) is 22.0 Å². The fourth-order valence-corrected chi connectivity index (χ4v) is 3.08. The largest absolute Gasteiger partial charge is 0.331 e. The van der Waals surface area contributed by atoms with E-state index in [-0.39, 0.29) is 0 Å². The number of aromatic nitrogens is 3. The van der Waals surface area contributed by atoms with E-state index < -0.39 is 0 Å². The molecule has 0 unspecified atom stereocenters. The third-order valence-electron chi connectivity index (χ3n) is 3.16. The summed E-state index contributed by atoms with van der Waals surface area (Å²) in [5.41, 5.74) is 3.04. The highest BCUT2D eigenvalue weighted by Crippen LogP contribution is 2.28. The monoisotopic (exact) mass is 292 g/mol. The summed E-state index contributed by atoms with van der Waals surface area (Å²) in [5.74, 6) is 0. The van der Waals surface area contributed by atoms with Crippen LogP contribution in [0.2, 0.25) is 0 Å². The second kappa shape index (κ2) is 5.03. The highest BCUT2D eigenvalue weighted by molar-refractivity contribution is 7.22. The van der Waals surface area contributed by atoms with Gasteiger partial charge in [0.1, 0.15) is 0 Å². The van der Waals surface area contributed by atoms with Gasteiger partial charge in [0.2, 0.25) is 0 Å². The molecule has 0 saturated heterocycles. The third kappa shape index (κ3) is 2.39.